The van der Waals surface area contributed by atoms with Crippen LogP contribution in [0.25, 0.3) is 22.3 Å². The number of halogens is 2. The van der Waals surface area contributed by atoms with Crippen molar-refractivity contribution in [2.24, 2.45) is 0 Å². The number of hydrogen-bond acceptors (Lipinski definition) is 17. The van der Waals surface area contributed by atoms with Crippen LogP contribution >= 0.6 is 15.3 Å². The molecule has 24 heteroatoms. The van der Waals surface area contributed by atoms with Crippen LogP contribution in [-0.2, 0) is 36.7 Å². The molecule has 0 amide bonds. The number of fused-ring (bicyclic) bond motifs is 5. The number of phosphoric acid groups is 1. The average Bonchev–Trinajstić information content (AvgIpc) is 3.73. The highest BCUT2D eigenvalue weighted by molar-refractivity contribution is 7.79. The van der Waals surface area contributed by atoms with Crippen molar-refractivity contribution in [3.8, 4) is 0 Å². The number of nitrogen functional groups attached to an aromatic ring is 2. The van der Waals surface area contributed by atoms with Crippen molar-refractivity contribution in [2.45, 2.75) is 49.2 Å². The molecule has 4 aromatic heterocycles. The third-order valence-corrected chi connectivity index (χ3v) is 9.20. The van der Waals surface area contributed by atoms with E-state index in [0.29, 0.717) is 0 Å². The molecule has 2 unspecified atom stereocenters. The average molecular weight is 655 g/mol. The number of rotatable bonds is 2. The van der Waals surface area contributed by atoms with Gasteiger partial charge < -0.3 is 56.1 Å². The summed E-state index contributed by atoms with van der Waals surface area (Å²) in [7, 11) is -4.24. The van der Waals surface area contributed by atoms with Gasteiger partial charge in [-0.25, -0.2) is 38.7 Å². The van der Waals surface area contributed by atoms with Crippen LogP contribution in [0.15, 0.2) is 25.3 Å². The number of hydrogen-bond donors (Lipinski definition) is 2. The molecule has 7 heterocycles. The molecule has 3 aliphatic heterocycles. The van der Waals surface area contributed by atoms with Crippen molar-refractivity contribution >= 4 is 56.8 Å². The molecule has 2 bridgehead atoms. The molecule has 3 saturated heterocycles. The summed E-state index contributed by atoms with van der Waals surface area (Å²) in [6.07, 6.45) is -9.67. The lowest BCUT2D eigenvalue weighted by atomic mass is 10.1. The van der Waals surface area contributed by atoms with Gasteiger partial charge in [-0.3, -0.25) is 13.7 Å². The van der Waals surface area contributed by atoms with Gasteiger partial charge in [0.05, 0.1) is 33.3 Å². The van der Waals surface area contributed by atoms with Crippen LogP contribution in [0.2, 0.25) is 0 Å². The Morgan fingerprint density at radius 1 is 0.795 bits per heavy atom. The van der Waals surface area contributed by atoms with E-state index in [0.717, 1.165) is 23.5 Å². The Morgan fingerprint density at radius 3 is 2.00 bits per heavy atom. The van der Waals surface area contributed by atoms with Gasteiger partial charge in [0.1, 0.15) is 48.1 Å². The smallest absolute Gasteiger partial charge is 0.268 e. The van der Waals surface area contributed by atoms with E-state index in [1.54, 1.807) is 0 Å². The highest BCUT2D eigenvalue weighted by Gasteiger charge is 2.52. The molecule has 4 aromatic rings. The summed E-state index contributed by atoms with van der Waals surface area (Å²) < 4.78 is 92.1. The predicted octanol–water partition coefficient (Wildman–Crippen LogP) is -0.136. The van der Waals surface area contributed by atoms with Crippen molar-refractivity contribution in [1.82, 2.24) is 39.0 Å². The van der Waals surface area contributed by atoms with Crippen LogP contribution in [-0.4, -0.2) is 96.6 Å². The van der Waals surface area contributed by atoms with Gasteiger partial charge in [0.15, 0.2) is 47.7 Å². The van der Waals surface area contributed by atoms with E-state index in [2.05, 4.69) is 29.9 Å². The van der Waals surface area contributed by atoms with E-state index in [1.807, 2.05) is 0 Å². The number of ether oxygens (including phenoxy) is 2. The molecule has 19 nitrogen and oxygen atoms in total. The first kappa shape index (κ1) is 29.5. The van der Waals surface area contributed by atoms with Crippen molar-refractivity contribution < 1.29 is 50.4 Å². The predicted molar refractivity (Wildman–Crippen MR) is 140 cm³/mol. The van der Waals surface area contributed by atoms with Gasteiger partial charge >= 0.3 is 0 Å². The van der Waals surface area contributed by atoms with Crippen LogP contribution in [0.3, 0.4) is 0 Å². The van der Waals surface area contributed by atoms with Crippen LogP contribution in [0.4, 0.5) is 20.4 Å². The van der Waals surface area contributed by atoms with Gasteiger partial charge in [0.2, 0.25) is 0 Å². The third kappa shape index (κ3) is 5.05. The quantitative estimate of drug-likeness (QED) is 0.211. The van der Waals surface area contributed by atoms with Gasteiger partial charge in [-0.1, -0.05) is 0 Å². The molecule has 7 rings (SSSR count). The molecule has 4 N–H and O–H groups in total. The maximum Gasteiger partial charge on any atom is 0.268 e. The number of alkyl halides is 2. The molecule has 0 aromatic carbocycles. The summed E-state index contributed by atoms with van der Waals surface area (Å²) >= 11 is 0. The molecule has 10 atom stereocenters. The fourth-order valence-corrected chi connectivity index (χ4v) is 7.09. The van der Waals surface area contributed by atoms with Gasteiger partial charge in [-0.2, -0.15) is 0 Å². The van der Waals surface area contributed by atoms with Gasteiger partial charge in [0, 0.05) is 0 Å². The molecular formula is C20H20BF2N10O9P2-2. The van der Waals surface area contributed by atoms with Gasteiger partial charge in [-0.05, 0) is 0 Å². The Labute approximate surface area is 245 Å². The Balaban J connectivity index is 1.20. The number of phosphoric ester groups is 1. The second-order valence-electron chi connectivity index (χ2n) is 9.90. The summed E-state index contributed by atoms with van der Waals surface area (Å²) in [5.41, 5.74) is 12.1. The summed E-state index contributed by atoms with van der Waals surface area (Å²) in [5, 5.41) is 0. The van der Waals surface area contributed by atoms with Crippen molar-refractivity contribution in [3.63, 3.8) is 0 Å². The van der Waals surface area contributed by atoms with E-state index >= 15 is 8.78 Å². The zero-order chi connectivity index (χ0) is 31.0. The molecular weight excluding hydrogens is 635 g/mol. The minimum atomic E-state index is -5.38. The number of imidazole rings is 2. The van der Waals surface area contributed by atoms with Crippen LogP contribution in [0, 0.1) is 0 Å². The first-order valence-corrected chi connectivity index (χ1v) is 15.8. The lowest BCUT2D eigenvalue weighted by molar-refractivity contribution is -0.235. The first-order chi connectivity index (χ1) is 20.9. The number of nitrogens with two attached hydrogens (primary N) is 2. The standard InChI is InChI=1S/C20H21BF2N10O9P2/c21-43(34)37-2-8-13(10(23)19(40-8)32-5-30-11-15(24)26-3-28-17(11)32)42-44(35,36)38-1-7-9(22)14(41-43)20(39-7)33-6-31-12-16(25)27-4-29-18(12)33/h3-10,13-14,19-20H,1-2H2,(H,35,36)(H2,24,26,28)(H2,25,27,29)/q-1/p-1/t7-,8-,9?,10-,13-,14-,19-,20-,43+/m1/s1. The highest BCUT2D eigenvalue weighted by atomic mass is 31.2. The fraction of sp³-hybridized carbons (Fsp3) is 0.500. The van der Waals surface area contributed by atoms with Crippen LogP contribution < -0.4 is 16.4 Å². The Kier molecular flexibility index (Phi) is 7.18. The van der Waals surface area contributed by atoms with E-state index in [1.165, 1.54) is 10.9 Å². The minimum Gasteiger partial charge on any atom is -0.756 e. The Morgan fingerprint density at radius 2 is 1.36 bits per heavy atom. The number of aromatic nitrogens is 8. The zero-order valence-corrected chi connectivity index (χ0v) is 23.8. The Hall–Kier alpha value is -3.20. The molecule has 44 heavy (non-hydrogen) atoms. The highest BCUT2D eigenvalue weighted by Crippen LogP contribution is 2.53. The van der Waals surface area contributed by atoms with Crippen LogP contribution in [0.1, 0.15) is 12.5 Å². The fourth-order valence-electron chi connectivity index (χ4n) is 5.18. The number of anilines is 2. The lowest BCUT2D eigenvalue weighted by Crippen LogP contribution is -2.35. The molecule has 3 aliphatic rings. The minimum absolute atomic E-state index is 0.00361. The third-order valence-electron chi connectivity index (χ3n) is 7.19. The second-order valence-corrected chi connectivity index (χ2v) is 12.8. The molecule has 0 spiro atoms. The SMILES string of the molecule is [B-][P@]1(=O)OC[C@H]2O[C@@H](n3cnc4c(N)ncnc43)[C@H](F)[C@@H]2OP(=O)([O-])OC[C@H]2O[C@@H](n3cnc4c(N)ncnc43)[C@H](O1)C2F. The normalized spacial score (nSPS) is 38.3. The maximum absolute atomic E-state index is 15.8. The summed E-state index contributed by atoms with van der Waals surface area (Å²) in [6.45, 7) is -1.77. The molecule has 3 fully saturated rings. The largest absolute Gasteiger partial charge is 0.756 e. The molecule has 3 radical (unpaired) electrons. The van der Waals surface area contributed by atoms with E-state index in [-0.39, 0.29) is 34.0 Å². The zero-order valence-electron chi connectivity index (χ0n) is 22.0. The van der Waals surface area contributed by atoms with Gasteiger partial charge in [0.25, 0.3) is 7.82 Å². The summed E-state index contributed by atoms with van der Waals surface area (Å²) in [4.78, 5) is 36.7. The molecule has 233 valence electrons. The Bertz CT molecular complexity index is 1840. The number of nitrogens with zero attached hydrogens (tertiary/aromatic N) is 8. The lowest BCUT2D eigenvalue weighted by Gasteiger charge is -2.34. The van der Waals surface area contributed by atoms with Crippen molar-refractivity contribution in [2.75, 3.05) is 24.7 Å². The van der Waals surface area contributed by atoms with Crippen molar-refractivity contribution in [1.29, 1.82) is 0 Å². The summed E-state index contributed by atoms with van der Waals surface area (Å²) in [5.74, 6) is 0.0133. The summed E-state index contributed by atoms with van der Waals surface area (Å²) in [6, 6.07) is 0. The second kappa shape index (κ2) is 10.7. The maximum atomic E-state index is 15.8. The topological polar surface area (TPSA) is 252 Å². The van der Waals surface area contributed by atoms with E-state index < -0.39 is 77.7 Å². The molecule has 0 saturated carbocycles. The monoisotopic (exact) mass is 655 g/mol. The first-order valence-electron chi connectivity index (χ1n) is 12.7. The van der Waals surface area contributed by atoms with Crippen molar-refractivity contribution in [3.05, 3.63) is 25.3 Å². The van der Waals surface area contributed by atoms with E-state index in [4.69, 9.17) is 46.6 Å². The van der Waals surface area contributed by atoms with Gasteiger partial charge in [-0.15, -0.1) is 0 Å². The van der Waals surface area contributed by atoms with Crippen LogP contribution in [0.5, 0.6) is 0 Å². The van der Waals surface area contributed by atoms with E-state index in [9.17, 15) is 14.0 Å². The molecule has 0 aliphatic carbocycles.